The van der Waals surface area contributed by atoms with Crippen LogP contribution < -0.4 is 9.47 Å². The first-order valence-corrected chi connectivity index (χ1v) is 14.1. The lowest BCUT2D eigenvalue weighted by Gasteiger charge is -2.38. The number of hydrogen-bond donors (Lipinski definition) is 0. The lowest BCUT2D eigenvalue weighted by molar-refractivity contribution is -0.288. The zero-order chi connectivity index (χ0) is 34.1. The number of para-hydroxylation sites is 1. The van der Waals surface area contributed by atoms with E-state index in [0.717, 1.165) is 42.0 Å². The van der Waals surface area contributed by atoms with E-state index in [0.29, 0.717) is 23.3 Å². The average molecular weight is 637 g/mol. The Morgan fingerprint density at radius 2 is 1.07 bits per heavy atom. The molecule has 0 saturated heterocycles. The van der Waals surface area contributed by atoms with Gasteiger partial charge in [0, 0.05) is 5.56 Å². The molecule has 0 aliphatic rings. The van der Waals surface area contributed by atoms with Crippen molar-refractivity contribution in [2.45, 2.75) is 63.4 Å². The quantitative estimate of drug-likeness (QED) is 0.189. The van der Waals surface area contributed by atoms with Crippen molar-refractivity contribution in [1.29, 1.82) is 10.5 Å². The van der Waals surface area contributed by atoms with Gasteiger partial charge in [0.2, 0.25) is 5.41 Å². The number of alkyl halides is 6. The summed E-state index contributed by atoms with van der Waals surface area (Å²) in [4.78, 5) is 0. The molecule has 0 atom stereocenters. The van der Waals surface area contributed by atoms with Crippen LogP contribution >= 0.6 is 0 Å². The van der Waals surface area contributed by atoms with Gasteiger partial charge in [-0.25, -0.2) is 0 Å². The summed E-state index contributed by atoms with van der Waals surface area (Å²) in [7, 11) is 0. The second-order valence-corrected chi connectivity index (χ2v) is 12.2. The van der Waals surface area contributed by atoms with Gasteiger partial charge >= 0.3 is 12.4 Å². The molecule has 4 aromatic rings. The van der Waals surface area contributed by atoms with Crippen molar-refractivity contribution in [2.75, 3.05) is 0 Å². The third kappa shape index (κ3) is 6.25. The molecule has 0 bridgehead atoms. The Bertz CT molecular complexity index is 1770. The minimum atomic E-state index is -5.79. The molecule has 10 heteroatoms. The molecule has 0 unspecified atom stereocenters. The van der Waals surface area contributed by atoms with Crippen LogP contribution in [0.1, 0.15) is 68.0 Å². The van der Waals surface area contributed by atoms with E-state index in [-0.39, 0.29) is 28.2 Å². The maximum atomic E-state index is 14.8. The fourth-order valence-electron chi connectivity index (χ4n) is 5.45. The first-order chi connectivity index (χ1) is 21.4. The van der Waals surface area contributed by atoms with Gasteiger partial charge in [-0.05, 0) is 72.4 Å². The minimum Gasteiger partial charge on any atom is -0.483 e. The number of halogens is 6. The molecule has 0 spiro atoms. The topological polar surface area (TPSA) is 66.0 Å². The second kappa shape index (κ2) is 12.1. The summed E-state index contributed by atoms with van der Waals surface area (Å²) in [6.07, 6.45) is -11.6. The minimum absolute atomic E-state index is 0.0111. The van der Waals surface area contributed by atoms with Crippen LogP contribution in [-0.4, -0.2) is 12.4 Å². The monoisotopic (exact) mass is 636 g/mol. The fourth-order valence-corrected chi connectivity index (χ4v) is 5.45. The first-order valence-electron chi connectivity index (χ1n) is 14.1. The van der Waals surface area contributed by atoms with E-state index in [1.807, 2.05) is 32.9 Å². The van der Waals surface area contributed by atoms with Gasteiger partial charge in [-0.3, -0.25) is 0 Å². The van der Waals surface area contributed by atoms with Gasteiger partial charge in [-0.2, -0.15) is 36.9 Å². The van der Waals surface area contributed by atoms with Crippen molar-refractivity contribution in [3.05, 3.63) is 124 Å². The number of nitriles is 2. The highest BCUT2D eigenvalue weighted by Crippen LogP contribution is 2.56. The highest BCUT2D eigenvalue weighted by molar-refractivity contribution is 5.51. The maximum absolute atomic E-state index is 14.8. The number of nitrogens with zero attached hydrogens (tertiary/aromatic N) is 2. The molecule has 0 heterocycles. The molecule has 0 fully saturated rings. The van der Waals surface area contributed by atoms with Gasteiger partial charge in [-0.1, -0.05) is 75.4 Å². The normalized spacial score (nSPS) is 12.6. The summed E-state index contributed by atoms with van der Waals surface area (Å²) >= 11 is 0. The Morgan fingerprint density at radius 3 is 1.54 bits per heavy atom. The molecule has 0 aromatic heterocycles. The Morgan fingerprint density at radius 1 is 0.565 bits per heavy atom. The Kier molecular flexibility index (Phi) is 8.92. The third-order valence-electron chi connectivity index (χ3n) is 7.67. The molecule has 0 radical (unpaired) electrons. The molecule has 0 aliphatic carbocycles. The van der Waals surface area contributed by atoms with Crippen LogP contribution in [0.25, 0.3) is 0 Å². The van der Waals surface area contributed by atoms with Crippen molar-refractivity contribution < 1.29 is 35.8 Å². The van der Waals surface area contributed by atoms with E-state index >= 15 is 0 Å². The van der Waals surface area contributed by atoms with Gasteiger partial charge < -0.3 is 9.47 Å². The van der Waals surface area contributed by atoms with Crippen LogP contribution in [0.15, 0.2) is 91.0 Å². The molecule has 0 aliphatic heterocycles. The summed E-state index contributed by atoms with van der Waals surface area (Å²) in [6, 6.07) is 22.5. The van der Waals surface area contributed by atoms with Crippen molar-refractivity contribution in [3.63, 3.8) is 0 Å². The van der Waals surface area contributed by atoms with E-state index in [4.69, 9.17) is 9.47 Å². The van der Waals surface area contributed by atoms with Gasteiger partial charge in [0.15, 0.2) is 0 Å². The Labute approximate surface area is 263 Å². The second-order valence-electron chi connectivity index (χ2n) is 12.2. The van der Waals surface area contributed by atoms with E-state index in [1.54, 1.807) is 38.1 Å². The highest BCUT2D eigenvalue weighted by Gasteiger charge is 2.72. The van der Waals surface area contributed by atoms with E-state index < -0.39 is 34.5 Å². The number of rotatable bonds is 7. The van der Waals surface area contributed by atoms with Crippen LogP contribution in [-0.2, 0) is 16.4 Å². The number of hydrogen-bond acceptors (Lipinski definition) is 4. The van der Waals surface area contributed by atoms with Crippen LogP contribution in [0.4, 0.5) is 26.3 Å². The van der Waals surface area contributed by atoms with E-state index in [1.165, 1.54) is 12.1 Å². The summed E-state index contributed by atoms with van der Waals surface area (Å²) in [5, 5.41) is 19.2. The summed E-state index contributed by atoms with van der Waals surface area (Å²) < 4.78 is 100. The van der Waals surface area contributed by atoms with Crippen molar-refractivity contribution in [2.24, 2.45) is 0 Å². The highest BCUT2D eigenvalue weighted by atomic mass is 19.4. The lowest BCUT2D eigenvalue weighted by atomic mass is 9.73. The van der Waals surface area contributed by atoms with E-state index in [9.17, 15) is 36.9 Å². The first kappa shape index (κ1) is 33.9. The smallest absolute Gasteiger partial charge is 0.411 e. The van der Waals surface area contributed by atoms with Gasteiger partial charge in [0.05, 0.1) is 17.2 Å². The standard InChI is InChI=1S/C36H30F6N2O2/c1-32(2,3)29-10-8-11-30(28(29)22-44)33(4,5)46-27-19-15-25(16-20-27)34(35(37,38)39,36(40,41)42)24-13-17-26(18-14-24)45-31-12-7-6-9-23(31)21-43/h6-20H,1-5H3. The van der Waals surface area contributed by atoms with E-state index in [2.05, 4.69) is 6.07 Å². The molecule has 238 valence electrons. The molecule has 4 nitrogen and oxygen atoms in total. The van der Waals surface area contributed by atoms with Crippen LogP contribution in [0.5, 0.6) is 17.2 Å². The predicted octanol–water partition coefficient (Wildman–Crippen LogP) is 10.2. The molecule has 4 aromatic carbocycles. The Hall–Kier alpha value is -4.96. The van der Waals surface area contributed by atoms with Crippen LogP contribution in [0, 0.1) is 22.7 Å². The van der Waals surface area contributed by atoms with Crippen molar-refractivity contribution in [1.82, 2.24) is 0 Å². The maximum Gasteiger partial charge on any atom is 0.411 e. The third-order valence-corrected chi connectivity index (χ3v) is 7.67. The van der Waals surface area contributed by atoms with Crippen molar-refractivity contribution in [3.8, 4) is 29.4 Å². The molecule has 0 amide bonds. The zero-order valence-corrected chi connectivity index (χ0v) is 25.6. The summed E-state index contributed by atoms with van der Waals surface area (Å²) in [5.74, 6) is 0.0566. The van der Waals surface area contributed by atoms with Crippen LogP contribution in [0.3, 0.4) is 0 Å². The SMILES string of the molecule is CC(C)(C)c1cccc(C(C)(C)Oc2ccc(C(c3ccc(Oc4ccccc4C#N)cc3)(C(F)(F)F)C(F)(F)F)cc2)c1C#N. The predicted molar refractivity (Wildman–Crippen MR) is 161 cm³/mol. The zero-order valence-electron chi connectivity index (χ0n) is 25.6. The summed E-state index contributed by atoms with van der Waals surface area (Å²) in [6.45, 7) is 9.17. The number of benzene rings is 4. The Balaban J connectivity index is 1.74. The molecule has 46 heavy (non-hydrogen) atoms. The molecular weight excluding hydrogens is 606 g/mol. The molecule has 0 saturated carbocycles. The largest absolute Gasteiger partial charge is 0.483 e. The summed E-state index contributed by atoms with van der Waals surface area (Å²) in [5.41, 5.74) is -6.24. The molecular formula is C36H30F6N2O2. The average Bonchev–Trinajstić information content (AvgIpc) is 2.97. The lowest BCUT2D eigenvalue weighted by Crippen LogP contribution is -2.54. The number of ether oxygens (including phenoxy) is 2. The van der Waals surface area contributed by atoms with Gasteiger partial charge in [0.1, 0.15) is 28.9 Å². The fraction of sp³-hybridized carbons (Fsp3) is 0.278. The van der Waals surface area contributed by atoms with Gasteiger partial charge in [-0.15, -0.1) is 0 Å². The van der Waals surface area contributed by atoms with Crippen molar-refractivity contribution >= 4 is 0 Å². The van der Waals surface area contributed by atoms with Gasteiger partial charge in [0.25, 0.3) is 0 Å². The molecule has 4 rings (SSSR count). The van der Waals surface area contributed by atoms with Crippen LogP contribution in [0.2, 0.25) is 0 Å². The molecule has 0 N–H and O–H groups in total.